The van der Waals surface area contributed by atoms with Gasteiger partial charge in [-0.05, 0) is 23.6 Å². The summed E-state index contributed by atoms with van der Waals surface area (Å²) in [5, 5.41) is 0. The van der Waals surface area contributed by atoms with E-state index in [4.69, 9.17) is 0 Å². The topological polar surface area (TPSA) is 0 Å². The second-order valence-electron chi connectivity index (χ2n) is 2.98. The summed E-state index contributed by atoms with van der Waals surface area (Å²) in [5.41, 5.74) is 1.42. The first-order valence-corrected chi connectivity index (χ1v) is 6.13. The number of benzene rings is 1. The molecule has 0 radical (unpaired) electrons. The zero-order valence-corrected chi connectivity index (χ0v) is 9.78. The summed E-state index contributed by atoms with van der Waals surface area (Å²) < 4.78 is 0.967. The van der Waals surface area contributed by atoms with E-state index >= 15 is 0 Å². The molecule has 0 unspecified atom stereocenters. The first-order chi connectivity index (χ1) is 5.74. The average Bonchev–Trinajstić information content (AvgIpc) is 2.05. The number of rotatable bonds is 3. The van der Waals surface area contributed by atoms with E-state index in [-0.39, 0.29) is 0 Å². The van der Waals surface area contributed by atoms with Crippen LogP contribution in [0.1, 0.15) is 25.3 Å². The van der Waals surface area contributed by atoms with Crippen molar-refractivity contribution in [2.75, 3.05) is 4.66 Å². The summed E-state index contributed by atoms with van der Waals surface area (Å²) in [6, 6.07) is 8.72. The molecule has 12 heavy (non-hydrogen) atoms. The first kappa shape index (κ1) is 10.1. The van der Waals surface area contributed by atoms with Crippen molar-refractivity contribution >= 4 is 27.7 Å². The minimum Gasteiger partial charge on any atom is -0.115 e. The molecule has 0 heterocycles. The van der Waals surface area contributed by atoms with Crippen molar-refractivity contribution in [1.82, 2.24) is 0 Å². The van der Waals surface area contributed by atoms with Crippen LogP contribution in [0.15, 0.2) is 29.2 Å². The molecular formula is C10H13BrS. The summed E-state index contributed by atoms with van der Waals surface area (Å²) in [6.45, 7) is 4.44. The molecular weight excluding hydrogens is 232 g/mol. The number of alkyl halides is 1. The van der Waals surface area contributed by atoms with E-state index in [1.807, 2.05) is 11.8 Å². The van der Waals surface area contributed by atoms with Crippen LogP contribution in [0.25, 0.3) is 0 Å². The maximum absolute atomic E-state index is 3.41. The fourth-order valence-corrected chi connectivity index (χ4v) is 2.34. The van der Waals surface area contributed by atoms with Crippen molar-refractivity contribution in [3.8, 4) is 0 Å². The molecule has 0 saturated carbocycles. The van der Waals surface area contributed by atoms with Gasteiger partial charge in [0.25, 0.3) is 0 Å². The van der Waals surface area contributed by atoms with Crippen LogP contribution in [0.4, 0.5) is 0 Å². The Hall–Kier alpha value is 0.0500. The molecule has 0 aromatic heterocycles. The molecule has 2 heteroatoms. The molecule has 0 aliphatic rings. The molecule has 0 nitrogen and oxygen atoms in total. The molecule has 66 valence electrons. The highest BCUT2D eigenvalue weighted by Crippen LogP contribution is 2.23. The summed E-state index contributed by atoms with van der Waals surface area (Å²) in [6.07, 6.45) is 0. The second-order valence-corrected chi connectivity index (χ2v) is 5.33. The second kappa shape index (κ2) is 4.93. The fourth-order valence-electron chi connectivity index (χ4n) is 1.03. The molecule has 1 rings (SSSR count). The van der Waals surface area contributed by atoms with Crippen LogP contribution in [-0.4, -0.2) is 4.66 Å². The van der Waals surface area contributed by atoms with Crippen LogP contribution in [-0.2, 0) is 0 Å². The highest BCUT2D eigenvalue weighted by molar-refractivity contribution is 9.11. The number of thioether (sulfide) groups is 1. The summed E-state index contributed by atoms with van der Waals surface area (Å²) in [5.74, 6) is 0.626. The quantitative estimate of drug-likeness (QED) is 0.566. The molecule has 0 spiro atoms. The highest BCUT2D eigenvalue weighted by Gasteiger charge is 1.99. The van der Waals surface area contributed by atoms with Gasteiger partial charge in [-0.1, -0.05) is 41.9 Å². The van der Waals surface area contributed by atoms with Crippen LogP contribution in [0, 0.1) is 0 Å². The van der Waals surface area contributed by atoms with Crippen molar-refractivity contribution in [3.05, 3.63) is 29.8 Å². The van der Waals surface area contributed by atoms with Crippen molar-refractivity contribution in [2.24, 2.45) is 0 Å². The number of hydrogen-bond acceptors (Lipinski definition) is 1. The largest absolute Gasteiger partial charge is 0.115 e. The van der Waals surface area contributed by atoms with Gasteiger partial charge >= 0.3 is 0 Å². The smallest absolute Gasteiger partial charge is 0.0537 e. The lowest BCUT2D eigenvalue weighted by molar-refractivity contribution is 0.862. The van der Waals surface area contributed by atoms with Gasteiger partial charge in [-0.25, -0.2) is 0 Å². The van der Waals surface area contributed by atoms with E-state index in [1.165, 1.54) is 10.5 Å². The summed E-state index contributed by atoms with van der Waals surface area (Å²) in [7, 11) is 0. The van der Waals surface area contributed by atoms with Gasteiger partial charge in [0.15, 0.2) is 0 Å². The Kier molecular flexibility index (Phi) is 4.16. The van der Waals surface area contributed by atoms with Gasteiger partial charge in [0.05, 0.1) is 4.66 Å². The lowest BCUT2D eigenvalue weighted by atomic mass is 10.0. The average molecular weight is 245 g/mol. The Morgan fingerprint density at radius 1 is 1.42 bits per heavy atom. The lowest BCUT2D eigenvalue weighted by Gasteiger charge is -2.06. The van der Waals surface area contributed by atoms with Crippen LogP contribution >= 0.6 is 27.7 Å². The van der Waals surface area contributed by atoms with Crippen molar-refractivity contribution in [3.63, 3.8) is 0 Å². The molecule has 0 bridgehead atoms. The van der Waals surface area contributed by atoms with E-state index < -0.39 is 0 Å². The maximum atomic E-state index is 3.41. The number of hydrogen-bond donors (Lipinski definition) is 0. The van der Waals surface area contributed by atoms with Crippen LogP contribution in [0.3, 0.4) is 0 Å². The van der Waals surface area contributed by atoms with Gasteiger partial charge in [0.2, 0.25) is 0 Å². The summed E-state index contributed by atoms with van der Waals surface area (Å²) in [4.78, 5) is 1.35. The number of halogens is 1. The minimum atomic E-state index is 0.626. The molecule has 1 aromatic rings. The van der Waals surface area contributed by atoms with E-state index in [0.29, 0.717) is 5.92 Å². The normalized spacial score (nSPS) is 10.7. The Morgan fingerprint density at radius 3 is 2.75 bits per heavy atom. The van der Waals surface area contributed by atoms with Crippen molar-refractivity contribution in [2.45, 2.75) is 24.7 Å². The van der Waals surface area contributed by atoms with Crippen LogP contribution < -0.4 is 0 Å². The van der Waals surface area contributed by atoms with Crippen molar-refractivity contribution in [1.29, 1.82) is 0 Å². The lowest BCUT2D eigenvalue weighted by Crippen LogP contribution is -1.86. The van der Waals surface area contributed by atoms with E-state index in [2.05, 4.69) is 54.0 Å². The SMILES string of the molecule is CC(C)c1cccc(SCBr)c1. The van der Waals surface area contributed by atoms with E-state index in [1.54, 1.807) is 0 Å². The molecule has 0 saturated heterocycles. The van der Waals surface area contributed by atoms with Gasteiger partial charge < -0.3 is 0 Å². The third-order valence-corrected chi connectivity index (χ3v) is 3.13. The standard InChI is InChI=1S/C10H13BrS/c1-8(2)9-4-3-5-10(6-9)12-7-11/h3-6,8H,7H2,1-2H3. The zero-order chi connectivity index (χ0) is 8.97. The third kappa shape index (κ3) is 2.83. The van der Waals surface area contributed by atoms with Crippen molar-refractivity contribution < 1.29 is 0 Å². The first-order valence-electron chi connectivity index (χ1n) is 4.02. The predicted octanol–water partition coefficient (Wildman–Crippen LogP) is 4.25. The third-order valence-electron chi connectivity index (χ3n) is 1.75. The molecule has 1 aromatic carbocycles. The zero-order valence-electron chi connectivity index (χ0n) is 7.38. The Morgan fingerprint density at radius 2 is 2.17 bits per heavy atom. The Labute approximate surface area is 86.9 Å². The van der Waals surface area contributed by atoms with Crippen LogP contribution in [0.2, 0.25) is 0 Å². The summed E-state index contributed by atoms with van der Waals surface area (Å²) >= 11 is 5.23. The fraction of sp³-hybridized carbons (Fsp3) is 0.400. The van der Waals surface area contributed by atoms with Gasteiger partial charge in [-0.15, -0.1) is 11.8 Å². The molecule has 0 atom stereocenters. The van der Waals surface area contributed by atoms with Crippen LogP contribution in [0.5, 0.6) is 0 Å². The highest BCUT2D eigenvalue weighted by atomic mass is 79.9. The minimum absolute atomic E-state index is 0.626. The van der Waals surface area contributed by atoms with E-state index in [9.17, 15) is 0 Å². The van der Waals surface area contributed by atoms with Gasteiger partial charge in [0.1, 0.15) is 0 Å². The Bertz CT molecular complexity index is 245. The predicted molar refractivity (Wildman–Crippen MR) is 60.2 cm³/mol. The molecule has 0 fully saturated rings. The van der Waals surface area contributed by atoms with Gasteiger partial charge in [0, 0.05) is 4.90 Å². The Balaban J connectivity index is 2.81. The maximum Gasteiger partial charge on any atom is 0.0537 e. The van der Waals surface area contributed by atoms with E-state index in [0.717, 1.165) is 4.66 Å². The van der Waals surface area contributed by atoms with Gasteiger partial charge in [-0.3, -0.25) is 0 Å². The molecule has 0 N–H and O–H groups in total. The van der Waals surface area contributed by atoms with Gasteiger partial charge in [-0.2, -0.15) is 0 Å². The monoisotopic (exact) mass is 244 g/mol. The molecule has 0 aliphatic carbocycles. The molecule has 0 amide bonds. The molecule has 0 aliphatic heterocycles.